The van der Waals surface area contributed by atoms with E-state index in [-0.39, 0.29) is 12.0 Å². The average molecular weight is 319 g/mol. The van der Waals surface area contributed by atoms with Gasteiger partial charge >= 0.3 is 0 Å². The number of carbonyl (C=O) groups is 1. The highest BCUT2D eigenvalue weighted by atomic mass is 16.8. The lowest BCUT2D eigenvalue weighted by Crippen LogP contribution is -2.62. The van der Waals surface area contributed by atoms with Crippen LogP contribution in [0.25, 0.3) is 0 Å². The van der Waals surface area contributed by atoms with Gasteiger partial charge in [0.2, 0.25) is 5.91 Å². The van der Waals surface area contributed by atoms with Crippen LogP contribution in [0.15, 0.2) is 35.5 Å². The Kier molecular flexibility index (Phi) is 3.29. The Balaban J connectivity index is 1.88. The lowest BCUT2D eigenvalue weighted by Gasteiger charge is -2.52. The Hall–Kier alpha value is -1.47. The molecule has 0 saturated carbocycles. The maximum absolute atomic E-state index is 12.5. The molecular formula is C17H21NO5. The molecule has 0 aromatic carbocycles. The fourth-order valence-corrected chi connectivity index (χ4v) is 4.36. The lowest BCUT2D eigenvalue weighted by molar-refractivity contribution is -0.261. The van der Waals surface area contributed by atoms with Crippen LogP contribution in [0, 0.1) is 0 Å². The molecule has 0 unspecified atom stereocenters. The number of rotatable bonds is 3. The maximum atomic E-state index is 12.5. The van der Waals surface area contributed by atoms with E-state index in [0.717, 1.165) is 11.1 Å². The van der Waals surface area contributed by atoms with Gasteiger partial charge in [0, 0.05) is 52.4 Å². The van der Waals surface area contributed by atoms with E-state index in [0.29, 0.717) is 19.4 Å². The van der Waals surface area contributed by atoms with E-state index in [4.69, 9.17) is 18.9 Å². The van der Waals surface area contributed by atoms with Gasteiger partial charge in [-0.25, -0.2) is 0 Å². The Bertz CT molecular complexity index is 639. The van der Waals surface area contributed by atoms with E-state index in [2.05, 4.69) is 0 Å². The molecule has 6 heteroatoms. The van der Waals surface area contributed by atoms with E-state index in [9.17, 15) is 4.79 Å². The second-order valence-electron chi connectivity index (χ2n) is 6.30. The summed E-state index contributed by atoms with van der Waals surface area (Å²) < 4.78 is 22.8. The fraction of sp³-hybridized carbons (Fsp3) is 0.588. The predicted octanol–water partition coefficient (Wildman–Crippen LogP) is 1.14. The topological polar surface area (TPSA) is 57.2 Å². The average Bonchev–Trinajstić information content (AvgIpc) is 3.09. The fourth-order valence-electron chi connectivity index (χ4n) is 4.36. The summed E-state index contributed by atoms with van der Waals surface area (Å²) in [7, 11) is 4.93. The molecule has 1 saturated heterocycles. The largest absolute Gasteiger partial charge is 0.377 e. The van der Waals surface area contributed by atoms with Crippen LogP contribution in [0.4, 0.5) is 0 Å². The normalized spacial score (nSPS) is 41.3. The van der Waals surface area contributed by atoms with E-state index in [1.54, 1.807) is 27.4 Å². The van der Waals surface area contributed by atoms with Gasteiger partial charge in [-0.15, -0.1) is 0 Å². The van der Waals surface area contributed by atoms with Gasteiger partial charge in [0.15, 0.2) is 12.1 Å². The molecule has 4 atom stereocenters. The second kappa shape index (κ2) is 5.01. The van der Waals surface area contributed by atoms with Gasteiger partial charge in [-0.3, -0.25) is 4.79 Å². The zero-order chi connectivity index (χ0) is 16.2. The number of piperidine rings is 1. The Morgan fingerprint density at radius 1 is 1.30 bits per heavy atom. The van der Waals surface area contributed by atoms with Crippen LogP contribution < -0.4 is 0 Å². The van der Waals surface area contributed by atoms with Crippen LogP contribution in [-0.2, 0) is 23.7 Å². The number of hydrogen-bond acceptors (Lipinski definition) is 5. The summed E-state index contributed by atoms with van der Waals surface area (Å²) in [6.07, 6.45) is 8.38. The molecule has 1 aliphatic carbocycles. The molecule has 0 aromatic rings. The molecule has 1 spiro atoms. The van der Waals surface area contributed by atoms with Crippen LogP contribution in [-0.4, -0.2) is 62.4 Å². The van der Waals surface area contributed by atoms with Gasteiger partial charge < -0.3 is 23.8 Å². The zero-order valence-corrected chi connectivity index (χ0v) is 13.6. The Labute approximate surface area is 135 Å². The minimum absolute atomic E-state index is 0.0351. The number of fused-ring (bicyclic) bond motifs is 1. The van der Waals surface area contributed by atoms with Crippen molar-refractivity contribution >= 4 is 5.91 Å². The number of hydrogen-bond donors (Lipinski definition) is 0. The highest BCUT2D eigenvalue weighted by molar-refractivity contribution is 5.95. The van der Waals surface area contributed by atoms with Crippen molar-refractivity contribution in [3.8, 4) is 0 Å². The van der Waals surface area contributed by atoms with Crippen molar-refractivity contribution in [3.63, 3.8) is 0 Å². The van der Waals surface area contributed by atoms with E-state index in [1.165, 1.54) is 0 Å². The highest BCUT2D eigenvalue weighted by Gasteiger charge is 2.63. The Morgan fingerprint density at radius 2 is 2.13 bits per heavy atom. The molecule has 0 N–H and O–H groups in total. The van der Waals surface area contributed by atoms with E-state index < -0.39 is 17.6 Å². The standard InChI is InChI=1S/C17H21NO5/c1-20-12-5-4-11-8-14(19)18-7-6-17(22-3)13(16(11,18)10-12)9-15(21-2)23-17/h4-5,8-9,12,15H,6-7,10H2,1-3H3/t12-,15+,16-,17-/m0/s1. The third-order valence-corrected chi connectivity index (χ3v) is 5.46. The summed E-state index contributed by atoms with van der Waals surface area (Å²) in [6, 6.07) is 0. The molecule has 0 aromatic heterocycles. The summed E-state index contributed by atoms with van der Waals surface area (Å²) in [5.74, 6) is -0.808. The summed E-state index contributed by atoms with van der Waals surface area (Å²) in [5.41, 5.74) is 1.37. The quantitative estimate of drug-likeness (QED) is 0.730. The molecule has 1 fully saturated rings. The molecular weight excluding hydrogens is 298 g/mol. The number of carbonyl (C=O) groups excluding carboxylic acids is 1. The SMILES string of the molecule is CO[C@H]1C=C2[C@](OC)(CCN3C(=O)C=C4C=C[C@H](OC)C[C@]423)O1. The third kappa shape index (κ3) is 1.80. The van der Waals surface area contributed by atoms with Crippen LogP contribution >= 0.6 is 0 Å². The van der Waals surface area contributed by atoms with Gasteiger partial charge in [-0.05, 0) is 11.6 Å². The molecule has 4 aliphatic rings. The van der Waals surface area contributed by atoms with Crippen molar-refractivity contribution in [2.75, 3.05) is 27.9 Å². The first-order valence-corrected chi connectivity index (χ1v) is 7.83. The van der Waals surface area contributed by atoms with Crippen molar-refractivity contribution in [1.82, 2.24) is 4.90 Å². The van der Waals surface area contributed by atoms with Crippen molar-refractivity contribution in [2.45, 2.75) is 36.6 Å². The summed E-state index contributed by atoms with van der Waals surface area (Å²) >= 11 is 0. The predicted molar refractivity (Wildman–Crippen MR) is 81.4 cm³/mol. The van der Waals surface area contributed by atoms with Gasteiger partial charge in [0.05, 0.1) is 11.6 Å². The van der Waals surface area contributed by atoms with E-state index in [1.807, 2.05) is 23.1 Å². The number of amides is 1. The second-order valence-corrected chi connectivity index (χ2v) is 6.30. The summed E-state index contributed by atoms with van der Waals surface area (Å²) in [4.78, 5) is 14.5. The minimum atomic E-state index is -0.843. The molecule has 124 valence electrons. The first-order valence-electron chi connectivity index (χ1n) is 7.83. The molecule has 0 radical (unpaired) electrons. The molecule has 4 rings (SSSR count). The van der Waals surface area contributed by atoms with E-state index >= 15 is 0 Å². The third-order valence-electron chi connectivity index (χ3n) is 5.46. The first kappa shape index (κ1) is 15.1. The van der Waals surface area contributed by atoms with Crippen LogP contribution in [0.1, 0.15) is 12.8 Å². The maximum Gasteiger partial charge on any atom is 0.247 e. The smallest absolute Gasteiger partial charge is 0.247 e. The molecule has 23 heavy (non-hydrogen) atoms. The first-order chi connectivity index (χ1) is 11.1. The van der Waals surface area contributed by atoms with Crippen molar-refractivity contribution in [2.24, 2.45) is 0 Å². The number of nitrogens with zero attached hydrogens (tertiary/aromatic N) is 1. The molecule has 6 nitrogen and oxygen atoms in total. The molecule has 3 aliphatic heterocycles. The molecule has 1 amide bonds. The van der Waals surface area contributed by atoms with Crippen molar-refractivity contribution in [1.29, 1.82) is 0 Å². The molecule has 3 heterocycles. The van der Waals surface area contributed by atoms with Gasteiger partial charge in [0.1, 0.15) is 0 Å². The van der Waals surface area contributed by atoms with Crippen molar-refractivity contribution < 1.29 is 23.7 Å². The monoisotopic (exact) mass is 319 g/mol. The van der Waals surface area contributed by atoms with Gasteiger partial charge in [0.25, 0.3) is 0 Å². The minimum Gasteiger partial charge on any atom is -0.377 e. The molecule has 0 bridgehead atoms. The number of methoxy groups -OCH3 is 3. The van der Waals surface area contributed by atoms with Crippen molar-refractivity contribution in [3.05, 3.63) is 35.5 Å². The summed E-state index contributed by atoms with van der Waals surface area (Å²) in [5, 5.41) is 0. The van der Waals surface area contributed by atoms with Gasteiger partial charge in [-0.1, -0.05) is 12.2 Å². The van der Waals surface area contributed by atoms with Crippen LogP contribution in [0.2, 0.25) is 0 Å². The summed E-state index contributed by atoms with van der Waals surface area (Å²) in [6.45, 7) is 0.574. The van der Waals surface area contributed by atoms with Gasteiger partial charge in [-0.2, -0.15) is 0 Å². The van der Waals surface area contributed by atoms with Crippen LogP contribution in [0.3, 0.4) is 0 Å². The zero-order valence-electron chi connectivity index (χ0n) is 13.6. The number of ether oxygens (including phenoxy) is 4. The van der Waals surface area contributed by atoms with Crippen LogP contribution in [0.5, 0.6) is 0 Å². The lowest BCUT2D eigenvalue weighted by atomic mass is 9.69. The Morgan fingerprint density at radius 3 is 2.83 bits per heavy atom. The highest BCUT2D eigenvalue weighted by Crippen LogP contribution is 2.55.